The summed E-state index contributed by atoms with van der Waals surface area (Å²) in [6.45, 7) is 5.08. The molecule has 6 nitrogen and oxygen atoms in total. The van der Waals surface area contributed by atoms with Gasteiger partial charge in [0.15, 0.2) is 0 Å². The van der Waals surface area contributed by atoms with Crippen LogP contribution in [0.4, 0.5) is 4.79 Å². The van der Waals surface area contributed by atoms with Crippen molar-refractivity contribution < 1.29 is 14.7 Å². The number of nitrogens with one attached hydrogen (secondary N) is 2. The van der Waals surface area contributed by atoms with Gasteiger partial charge in [-0.05, 0) is 26.2 Å². The van der Waals surface area contributed by atoms with Gasteiger partial charge in [0.05, 0.1) is 0 Å². The smallest absolute Gasteiger partial charge is 0.330 e. The molecule has 3 N–H and O–H groups in total. The summed E-state index contributed by atoms with van der Waals surface area (Å²) < 4.78 is 0. The lowest BCUT2D eigenvalue weighted by molar-refractivity contribution is -0.144. The van der Waals surface area contributed by atoms with Gasteiger partial charge in [0.25, 0.3) is 0 Å². The van der Waals surface area contributed by atoms with E-state index in [4.69, 9.17) is 5.11 Å². The molecule has 0 aromatic rings. The van der Waals surface area contributed by atoms with Gasteiger partial charge < -0.3 is 10.4 Å². The fourth-order valence-electron chi connectivity index (χ4n) is 2.15. The summed E-state index contributed by atoms with van der Waals surface area (Å²) in [6, 6.07) is -0.435. The van der Waals surface area contributed by atoms with Gasteiger partial charge in [0, 0.05) is 13.1 Å². The Labute approximate surface area is 108 Å². The molecule has 0 aromatic carbocycles. The van der Waals surface area contributed by atoms with Crippen LogP contribution in [-0.2, 0) is 4.79 Å². The van der Waals surface area contributed by atoms with E-state index in [-0.39, 0.29) is 0 Å². The zero-order chi connectivity index (χ0) is 13.6. The Bertz CT molecular complexity index is 303. The maximum atomic E-state index is 11.8. The molecule has 2 amide bonds. The molecule has 6 heteroatoms. The maximum absolute atomic E-state index is 11.8. The molecule has 0 aromatic heterocycles. The SMILES string of the molecule is CCCC(C)(NC(=O)NN1CCCCC1)C(=O)O. The Morgan fingerprint density at radius 1 is 1.28 bits per heavy atom. The highest BCUT2D eigenvalue weighted by molar-refractivity contribution is 5.85. The number of urea groups is 1. The minimum atomic E-state index is -1.20. The molecule has 1 atom stereocenters. The molecule has 1 rings (SSSR count). The highest BCUT2D eigenvalue weighted by Crippen LogP contribution is 2.12. The van der Waals surface area contributed by atoms with Gasteiger partial charge >= 0.3 is 12.0 Å². The van der Waals surface area contributed by atoms with Crippen molar-refractivity contribution in [3.05, 3.63) is 0 Å². The summed E-state index contributed by atoms with van der Waals surface area (Å²) in [6.07, 6.45) is 4.42. The van der Waals surface area contributed by atoms with Crippen molar-refractivity contribution in [3.63, 3.8) is 0 Å². The second-order valence-electron chi connectivity index (χ2n) is 5.00. The van der Waals surface area contributed by atoms with Crippen molar-refractivity contribution in [1.29, 1.82) is 0 Å². The molecule has 0 radical (unpaired) electrons. The molecule has 104 valence electrons. The van der Waals surface area contributed by atoms with Crippen molar-refractivity contribution in [2.24, 2.45) is 0 Å². The summed E-state index contributed by atoms with van der Waals surface area (Å²) in [5.41, 5.74) is 1.51. The van der Waals surface area contributed by atoms with Gasteiger partial charge in [-0.1, -0.05) is 19.8 Å². The van der Waals surface area contributed by atoms with E-state index < -0.39 is 17.5 Å². The molecule has 1 aliphatic rings. The lowest BCUT2D eigenvalue weighted by Crippen LogP contribution is -2.58. The van der Waals surface area contributed by atoms with E-state index in [9.17, 15) is 9.59 Å². The fraction of sp³-hybridized carbons (Fsp3) is 0.833. The lowest BCUT2D eigenvalue weighted by atomic mass is 9.97. The van der Waals surface area contributed by atoms with Gasteiger partial charge in [-0.15, -0.1) is 0 Å². The molecule has 18 heavy (non-hydrogen) atoms. The zero-order valence-electron chi connectivity index (χ0n) is 11.2. The summed E-state index contributed by atoms with van der Waals surface area (Å²) >= 11 is 0. The second kappa shape index (κ2) is 6.58. The van der Waals surface area contributed by atoms with Crippen LogP contribution >= 0.6 is 0 Å². The minimum Gasteiger partial charge on any atom is -0.480 e. The highest BCUT2D eigenvalue weighted by Gasteiger charge is 2.34. The number of hydrazine groups is 1. The normalized spacial score (nSPS) is 19.9. The first-order valence-corrected chi connectivity index (χ1v) is 6.55. The highest BCUT2D eigenvalue weighted by atomic mass is 16.4. The summed E-state index contributed by atoms with van der Waals surface area (Å²) in [4.78, 5) is 23.0. The van der Waals surface area contributed by atoms with E-state index in [1.165, 1.54) is 13.3 Å². The number of amides is 2. The molecule has 1 aliphatic heterocycles. The van der Waals surface area contributed by atoms with Crippen molar-refractivity contribution in [2.45, 2.75) is 51.5 Å². The predicted molar refractivity (Wildman–Crippen MR) is 68.0 cm³/mol. The van der Waals surface area contributed by atoms with E-state index in [1.807, 2.05) is 11.9 Å². The van der Waals surface area contributed by atoms with E-state index in [2.05, 4.69) is 10.7 Å². The number of carbonyl (C=O) groups is 2. The number of hydrogen-bond acceptors (Lipinski definition) is 3. The van der Waals surface area contributed by atoms with Crippen molar-refractivity contribution in [3.8, 4) is 0 Å². The first kappa shape index (κ1) is 14.8. The molecule has 0 spiro atoms. The van der Waals surface area contributed by atoms with Crippen LogP contribution in [0.2, 0.25) is 0 Å². The number of aliphatic carboxylic acids is 1. The Hall–Kier alpha value is -1.30. The largest absolute Gasteiger partial charge is 0.480 e. The van der Waals surface area contributed by atoms with Gasteiger partial charge in [0.1, 0.15) is 5.54 Å². The van der Waals surface area contributed by atoms with Gasteiger partial charge in [0.2, 0.25) is 0 Å². The average molecular weight is 257 g/mol. The average Bonchev–Trinajstić information content (AvgIpc) is 2.30. The van der Waals surface area contributed by atoms with Crippen LogP contribution < -0.4 is 10.7 Å². The summed E-state index contributed by atoms with van der Waals surface area (Å²) in [5.74, 6) is -1.00. The van der Waals surface area contributed by atoms with Crippen molar-refractivity contribution in [2.75, 3.05) is 13.1 Å². The van der Waals surface area contributed by atoms with Crippen LogP contribution in [0.25, 0.3) is 0 Å². The van der Waals surface area contributed by atoms with Crippen LogP contribution in [0.1, 0.15) is 46.0 Å². The Kier molecular flexibility index (Phi) is 5.40. The first-order valence-electron chi connectivity index (χ1n) is 6.55. The Balaban J connectivity index is 2.48. The summed E-state index contributed by atoms with van der Waals surface area (Å²) in [5, 5.41) is 13.6. The van der Waals surface area contributed by atoms with Gasteiger partial charge in [-0.25, -0.2) is 14.6 Å². The topological polar surface area (TPSA) is 81.7 Å². The van der Waals surface area contributed by atoms with E-state index in [0.717, 1.165) is 25.9 Å². The number of hydrogen-bond donors (Lipinski definition) is 3. The third kappa shape index (κ3) is 4.18. The van der Waals surface area contributed by atoms with E-state index in [0.29, 0.717) is 12.8 Å². The predicted octanol–water partition coefficient (Wildman–Crippen LogP) is 1.33. The van der Waals surface area contributed by atoms with Gasteiger partial charge in [-0.2, -0.15) is 0 Å². The van der Waals surface area contributed by atoms with Crippen molar-refractivity contribution >= 4 is 12.0 Å². The molecule has 0 aliphatic carbocycles. The number of carboxylic acid groups (broad SMARTS) is 1. The quantitative estimate of drug-likeness (QED) is 0.694. The molecule has 0 bridgehead atoms. The Morgan fingerprint density at radius 2 is 1.89 bits per heavy atom. The van der Waals surface area contributed by atoms with Gasteiger partial charge in [-0.3, -0.25) is 5.43 Å². The van der Waals surface area contributed by atoms with E-state index >= 15 is 0 Å². The third-order valence-corrected chi connectivity index (χ3v) is 3.23. The number of carboxylic acids is 1. The number of rotatable bonds is 5. The first-order chi connectivity index (χ1) is 8.48. The molecular weight excluding hydrogens is 234 g/mol. The second-order valence-corrected chi connectivity index (χ2v) is 5.00. The number of piperidine rings is 1. The minimum absolute atomic E-state index is 0.412. The Morgan fingerprint density at radius 3 is 2.39 bits per heavy atom. The standard InChI is InChI=1S/C12H23N3O3/c1-3-7-12(2,10(16)17)13-11(18)14-15-8-5-4-6-9-15/h3-9H2,1-2H3,(H,16,17)(H2,13,14,18). The molecule has 1 fully saturated rings. The van der Waals surface area contributed by atoms with Crippen LogP contribution in [0.5, 0.6) is 0 Å². The van der Waals surface area contributed by atoms with Crippen LogP contribution in [-0.4, -0.2) is 40.7 Å². The van der Waals surface area contributed by atoms with Crippen LogP contribution in [0.15, 0.2) is 0 Å². The van der Waals surface area contributed by atoms with E-state index in [1.54, 1.807) is 0 Å². The lowest BCUT2D eigenvalue weighted by Gasteiger charge is -2.30. The molecule has 1 heterocycles. The number of nitrogens with zero attached hydrogens (tertiary/aromatic N) is 1. The van der Waals surface area contributed by atoms with Crippen LogP contribution in [0, 0.1) is 0 Å². The summed E-state index contributed by atoms with van der Waals surface area (Å²) in [7, 11) is 0. The third-order valence-electron chi connectivity index (χ3n) is 3.23. The molecular formula is C12H23N3O3. The molecule has 0 saturated carbocycles. The monoisotopic (exact) mass is 257 g/mol. The molecule has 1 unspecified atom stereocenters. The fourth-order valence-corrected chi connectivity index (χ4v) is 2.15. The zero-order valence-corrected chi connectivity index (χ0v) is 11.2. The van der Waals surface area contributed by atoms with Crippen molar-refractivity contribution in [1.82, 2.24) is 15.8 Å². The number of carbonyl (C=O) groups excluding carboxylic acids is 1. The van der Waals surface area contributed by atoms with Crippen LogP contribution in [0.3, 0.4) is 0 Å². The molecule has 1 saturated heterocycles. The maximum Gasteiger partial charge on any atom is 0.330 e.